The quantitative estimate of drug-likeness (QED) is 0.0262. The second-order valence-corrected chi connectivity index (χ2v) is 31.5. The molecule has 4 rings (SSSR count). The number of amides is 18. The summed E-state index contributed by atoms with van der Waals surface area (Å²) >= 11 is 0. The zero-order valence-electron chi connectivity index (χ0n) is 61.0. The van der Waals surface area contributed by atoms with Crippen molar-refractivity contribution in [2.24, 2.45) is 51.2 Å². The summed E-state index contributed by atoms with van der Waals surface area (Å²) in [6.45, 7) is 3.66. The van der Waals surface area contributed by atoms with Crippen LogP contribution >= 0.6 is 43.2 Å². The van der Waals surface area contributed by atoms with Gasteiger partial charge in [-0.05, 0) is 57.3 Å². The molecule has 2 bridgehead atoms. The number of carbonyl (C=O) groups excluding carboxylic acids is 18. The molecule has 28 N–H and O–H groups in total. The first-order valence-electron chi connectivity index (χ1n) is 34.9. The summed E-state index contributed by atoms with van der Waals surface area (Å²) in [4.78, 5) is 270. The Morgan fingerprint density at radius 1 is 0.509 bits per heavy atom. The number of nitrogens with zero attached hydrogens (tertiary/aromatic N) is 3. The van der Waals surface area contributed by atoms with Gasteiger partial charge in [-0.3, -0.25) is 96.1 Å². The summed E-state index contributed by atoms with van der Waals surface area (Å²) in [5, 5.41) is 62.3. The summed E-state index contributed by atoms with van der Waals surface area (Å²) in [7, 11) is 3.06. The zero-order valence-corrected chi connectivity index (χ0v) is 64.3. The predicted octanol–water partition coefficient (Wildman–Crippen LogP) is -11.5. The Balaban J connectivity index is 1.94. The Hall–Kier alpha value is -9.52. The number of aliphatic carboxylic acids is 1. The van der Waals surface area contributed by atoms with Crippen LogP contribution in [-0.4, -0.2) is 296 Å². The van der Waals surface area contributed by atoms with Crippen LogP contribution in [0.15, 0.2) is 4.99 Å². The maximum absolute atomic E-state index is 14.6. The van der Waals surface area contributed by atoms with Gasteiger partial charge in [-0.1, -0.05) is 77.3 Å². The fourth-order valence-corrected chi connectivity index (χ4v) is 16.1. The molecule has 0 aromatic rings. The van der Waals surface area contributed by atoms with Crippen molar-refractivity contribution in [2.75, 3.05) is 62.4 Å². The Bertz CT molecular complexity index is 3430. The van der Waals surface area contributed by atoms with Gasteiger partial charge in [-0.2, -0.15) is 0 Å². The first kappa shape index (κ1) is 92.9. The molecule has 4 aliphatic rings. The molecule has 4 saturated heterocycles. The summed E-state index contributed by atoms with van der Waals surface area (Å²) in [5.41, 5.74) is 33.5. The van der Waals surface area contributed by atoms with E-state index in [9.17, 15) is 106 Å². The van der Waals surface area contributed by atoms with Crippen LogP contribution in [0.5, 0.6) is 0 Å². The molecule has 0 radical (unpaired) electrons. The van der Waals surface area contributed by atoms with Crippen molar-refractivity contribution in [1.29, 1.82) is 0 Å². The molecule has 110 heavy (non-hydrogen) atoms. The molecule has 0 aliphatic carbocycles. The molecule has 4 aliphatic heterocycles. The monoisotopic (exact) mass is 1630 g/mol. The number of aliphatic hydroxyl groups is 2. The third-order valence-electron chi connectivity index (χ3n) is 17.6. The summed E-state index contributed by atoms with van der Waals surface area (Å²) in [6.07, 6.45) is -3.02. The SMILES string of the molecule is CC[C@H](C)[C@@H]1NC(=O)[C@H](CC(=O)O)NC(=O)[C@@H]2CCCN2C(=O)[C@H](CC(N)=O)NC(=O)[C@H](CC(N)=O)NC(=O)[C@H](C(C)C)NC(=O)[C@H](CO)NC(=O)[C@@H]2CSSC[C@H](NC(=O)CN)C(=O)N[C@@H](CSSC[C@@H](C(N)=O)NC1=O)C(=O)N[C@@H](CO)C(=O)N[C@@H](CCCN=C(N)N)C(=O)N1CCC[C@H]1C(=O)N[C@@H](C)C(=O)N2. The number of aliphatic hydroxyl groups excluding tert-OH is 2. The van der Waals surface area contributed by atoms with E-state index in [0.29, 0.717) is 0 Å². The second-order valence-electron chi connectivity index (χ2n) is 26.4. The first-order valence-corrected chi connectivity index (χ1v) is 39.9. The van der Waals surface area contributed by atoms with Crippen LogP contribution in [-0.2, 0) is 91.1 Å². The molecule has 44 nitrogen and oxygen atoms in total. The van der Waals surface area contributed by atoms with E-state index >= 15 is 0 Å². The molecule has 0 aromatic carbocycles. The van der Waals surface area contributed by atoms with Gasteiger partial charge >= 0.3 is 5.97 Å². The number of nitrogens with two attached hydrogens (primary N) is 6. The molecule has 18 amide bonds. The summed E-state index contributed by atoms with van der Waals surface area (Å²) in [5.74, 6) is -26.1. The van der Waals surface area contributed by atoms with Gasteiger partial charge in [0.05, 0.1) is 39.0 Å². The van der Waals surface area contributed by atoms with Crippen LogP contribution in [0.2, 0.25) is 0 Å². The van der Waals surface area contributed by atoms with Gasteiger partial charge in [0, 0.05) is 42.6 Å². The number of carboxylic acids is 1. The van der Waals surface area contributed by atoms with Gasteiger partial charge in [-0.15, -0.1) is 0 Å². The van der Waals surface area contributed by atoms with E-state index in [1.165, 1.54) is 27.7 Å². The molecule has 0 saturated carbocycles. The second kappa shape index (κ2) is 45.6. The Kier molecular flexibility index (Phi) is 38.5. The predicted molar refractivity (Wildman–Crippen MR) is 397 cm³/mol. The lowest BCUT2D eigenvalue weighted by Crippen LogP contribution is -2.62. The fraction of sp³-hybridized carbons (Fsp3) is 0.677. The number of nitrogens with one attached hydrogen (secondary N) is 13. The third-order valence-corrected chi connectivity index (χ3v) is 22.4. The highest BCUT2D eigenvalue weighted by molar-refractivity contribution is 8.77. The number of fused-ring (bicyclic) bond motifs is 10. The topological polar surface area (TPSA) is 716 Å². The summed E-state index contributed by atoms with van der Waals surface area (Å²) in [6, 6.07) is -25.9. The maximum Gasteiger partial charge on any atom is 0.305 e. The standard InChI is InChI=1S/C62H100N22O22S4/c1-6-27(4)46-59(104)78-35(47(66)92)22-107-109-25-38-55(100)76-33(20-85)51(96)72-29(10-7-13-69-62(67)68)60(105)83-14-8-11-39(83)56(101)70-28(5)48(93)79-37(24-110-108-23-36(53(98)80-38)71-43(89)19-63)54(99)77-34(21-86)52(97)81-45(26(2)3)58(103)74-30(16-41(64)87)49(94)75-32(17-42(65)88)61(106)84-15-9-12-40(84)57(102)73-31(18-44(90)91)50(95)82-46/h26-40,45-46,85-86H,6-25,63H2,1-5H3,(H2,64,87)(H2,65,88)(H2,66,92)(H,70,101)(H,71,89)(H,72,96)(H,73,102)(H,74,103)(H,75,94)(H,76,100)(H,77,99)(H,78,104)(H,79,93)(H,80,98)(H,81,97)(H,82,95)(H,90,91)(H4,67,68,69)/t27-,28-,29-,30-,31-,32-,33-,34-,35-,36-,37-,38-,39-,40-,45-,46-/m0/s1. The van der Waals surface area contributed by atoms with E-state index in [1.54, 1.807) is 6.92 Å². The van der Waals surface area contributed by atoms with Crippen molar-refractivity contribution in [3.05, 3.63) is 0 Å². The average Bonchev–Trinajstić information content (AvgIpc) is 1.58. The van der Waals surface area contributed by atoms with Gasteiger partial charge in [0.2, 0.25) is 106 Å². The smallest absolute Gasteiger partial charge is 0.305 e. The average molecular weight is 1630 g/mol. The normalized spacial score (nSPS) is 28.4. The van der Waals surface area contributed by atoms with E-state index in [-0.39, 0.29) is 70.5 Å². The van der Waals surface area contributed by atoms with Crippen molar-refractivity contribution in [3.63, 3.8) is 0 Å². The lowest BCUT2D eigenvalue weighted by atomic mass is 9.97. The van der Waals surface area contributed by atoms with E-state index in [2.05, 4.69) is 74.1 Å². The van der Waals surface area contributed by atoms with Crippen LogP contribution in [0.1, 0.15) is 98.8 Å². The number of carboxylic acid groups (broad SMARTS) is 1. The molecule has 614 valence electrons. The minimum Gasteiger partial charge on any atom is -0.481 e. The van der Waals surface area contributed by atoms with Gasteiger partial charge in [0.1, 0.15) is 90.6 Å². The van der Waals surface area contributed by atoms with Crippen molar-refractivity contribution >= 4 is 161 Å². The number of carbonyl (C=O) groups is 19. The molecule has 0 spiro atoms. The highest BCUT2D eigenvalue weighted by Gasteiger charge is 2.44. The molecule has 16 atom stereocenters. The Labute approximate surface area is 646 Å². The molecule has 48 heteroatoms. The fourth-order valence-electron chi connectivity index (χ4n) is 11.4. The van der Waals surface area contributed by atoms with Crippen LogP contribution in [0, 0.1) is 11.8 Å². The lowest BCUT2D eigenvalue weighted by Gasteiger charge is -2.31. The highest BCUT2D eigenvalue weighted by atomic mass is 33.1. The Morgan fingerprint density at radius 3 is 1.45 bits per heavy atom. The Morgan fingerprint density at radius 2 is 0.945 bits per heavy atom. The molecule has 0 unspecified atom stereocenters. The van der Waals surface area contributed by atoms with Gasteiger partial charge in [0.25, 0.3) is 0 Å². The van der Waals surface area contributed by atoms with Gasteiger partial charge in [-0.25, -0.2) is 0 Å². The van der Waals surface area contributed by atoms with Crippen LogP contribution in [0.4, 0.5) is 0 Å². The number of primary amides is 3. The molecule has 0 aromatic heterocycles. The van der Waals surface area contributed by atoms with Crippen molar-refractivity contribution in [1.82, 2.24) is 78.9 Å². The largest absolute Gasteiger partial charge is 0.481 e. The van der Waals surface area contributed by atoms with Gasteiger partial charge < -0.3 is 129 Å². The van der Waals surface area contributed by atoms with Crippen molar-refractivity contribution in [2.45, 2.75) is 189 Å². The van der Waals surface area contributed by atoms with Crippen molar-refractivity contribution < 1.29 is 106 Å². The molecule has 4 fully saturated rings. The number of aliphatic imine (C=N–C) groups is 1. The third kappa shape index (κ3) is 29.1. The van der Waals surface area contributed by atoms with Gasteiger partial charge in [0.15, 0.2) is 5.96 Å². The van der Waals surface area contributed by atoms with Crippen LogP contribution < -0.4 is 104 Å². The minimum absolute atomic E-state index is 0.0165. The zero-order chi connectivity index (χ0) is 82.4. The number of rotatable bonds is 18. The van der Waals surface area contributed by atoms with Crippen molar-refractivity contribution in [3.8, 4) is 0 Å². The minimum atomic E-state index is -2.02. The molecule has 4 heterocycles. The molecular weight excluding hydrogens is 1530 g/mol. The van der Waals surface area contributed by atoms with E-state index in [4.69, 9.17) is 34.4 Å². The van der Waals surface area contributed by atoms with E-state index in [0.717, 1.165) is 53.0 Å². The van der Waals surface area contributed by atoms with E-state index in [1.807, 2.05) is 0 Å². The number of guanidine groups is 1. The van der Waals surface area contributed by atoms with E-state index < -0.39 is 277 Å². The maximum atomic E-state index is 14.6. The highest BCUT2D eigenvalue weighted by Crippen LogP contribution is 2.27. The first-order chi connectivity index (χ1) is 51.9. The lowest BCUT2D eigenvalue weighted by molar-refractivity contribution is -0.145. The number of hydrogen-bond acceptors (Lipinski definition) is 27. The van der Waals surface area contributed by atoms with Crippen LogP contribution in [0.25, 0.3) is 0 Å². The van der Waals surface area contributed by atoms with Crippen LogP contribution in [0.3, 0.4) is 0 Å². The number of hydrogen-bond donors (Lipinski definition) is 22. The molecular formula is C62H100N22O22S4. The summed E-state index contributed by atoms with van der Waals surface area (Å²) < 4.78 is 0.